The van der Waals surface area contributed by atoms with E-state index in [1.807, 2.05) is 41.5 Å². The van der Waals surface area contributed by atoms with Crippen molar-refractivity contribution in [3.63, 3.8) is 0 Å². The molecule has 0 radical (unpaired) electrons. The van der Waals surface area contributed by atoms with Crippen LogP contribution in [0.5, 0.6) is 0 Å². The smallest absolute Gasteiger partial charge is 0.0830 e. The predicted molar refractivity (Wildman–Crippen MR) is 190 cm³/mol. The summed E-state index contributed by atoms with van der Waals surface area (Å²) in [4.78, 5) is 0. The van der Waals surface area contributed by atoms with Crippen molar-refractivity contribution in [3.8, 4) is 0 Å². The van der Waals surface area contributed by atoms with Gasteiger partial charge in [-0.2, -0.15) is 0 Å². The number of rotatable bonds is 6. The van der Waals surface area contributed by atoms with Gasteiger partial charge >= 0.3 is 0 Å². The summed E-state index contributed by atoms with van der Waals surface area (Å²) in [5.41, 5.74) is 0. The van der Waals surface area contributed by atoms with Crippen LogP contribution in [-0.2, 0) is 125 Å². The van der Waals surface area contributed by atoms with Gasteiger partial charge in [-0.1, -0.05) is 0 Å². The van der Waals surface area contributed by atoms with Crippen molar-refractivity contribution in [1.29, 1.82) is 0 Å². The Hall–Kier alpha value is 1.35. The first-order chi connectivity index (χ1) is 16.6. The van der Waals surface area contributed by atoms with Crippen LogP contribution in [0.25, 0.3) is 0 Å². The van der Waals surface area contributed by atoms with Crippen LogP contribution in [0.2, 0.25) is 0 Å². The van der Waals surface area contributed by atoms with E-state index in [0.29, 0.717) is 39.6 Å². The second-order valence-electron chi connectivity index (χ2n) is 4.10. The zero-order chi connectivity index (χ0) is 29.9. The summed E-state index contributed by atoms with van der Waals surface area (Å²) in [6.45, 7) is 14.6. The summed E-state index contributed by atoms with van der Waals surface area (Å²) in [7, 11) is 0. The normalized spacial score (nSPS) is 7.30. The molecule has 0 aromatic carbocycles. The van der Waals surface area contributed by atoms with E-state index in [-0.39, 0.29) is 47.4 Å². The van der Waals surface area contributed by atoms with Gasteiger partial charge < -0.3 is 178 Å². The first-order valence-corrected chi connectivity index (χ1v) is 14.5. The predicted octanol–water partition coefficient (Wildman–Crippen LogP) is 5.13. The van der Waals surface area contributed by atoms with Crippen molar-refractivity contribution in [1.82, 2.24) is 0 Å². The van der Waals surface area contributed by atoms with Crippen LogP contribution in [-0.4, -0.2) is 65.9 Å². The van der Waals surface area contributed by atoms with Gasteiger partial charge in [0, 0.05) is 47.4 Å². The summed E-state index contributed by atoms with van der Waals surface area (Å²) in [6, 6.07) is 0. The zero-order valence-corrected chi connectivity index (χ0v) is 32.8. The molecule has 0 amide bonds. The largest absolute Gasteiger partial charge is 0.514 e. The third-order valence-corrected chi connectivity index (χ3v) is 2.99. The van der Waals surface area contributed by atoms with Crippen LogP contribution in [0.4, 0.5) is 0 Å². The van der Waals surface area contributed by atoms with E-state index in [0.717, 1.165) is 0 Å². The molecular formula is C18H30MoO6S12-6. The fraction of sp³-hybridized carbons (Fsp3) is 0.667. The topological polar surface area (TPSA) is 55.4 Å². The van der Waals surface area contributed by atoms with E-state index in [1.165, 1.54) is 0 Å². The summed E-state index contributed by atoms with van der Waals surface area (Å²) in [6.07, 6.45) is 0. The maximum Gasteiger partial charge on any atom is 0.0830 e. The van der Waals surface area contributed by atoms with Gasteiger partial charge in [0.1, 0.15) is 0 Å². The molecule has 0 N–H and O–H groups in total. The minimum absolute atomic E-state index is 0. The Kier molecular flexibility index (Phi) is 73.9. The van der Waals surface area contributed by atoms with Crippen LogP contribution < -0.4 is 0 Å². The zero-order valence-electron chi connectivity index (χ0n) is 21.0. The average molecular weight is 823 g/mol. The Labute approximate surface area is 302 Å². The second-order valence-corrected chi connectivity index (χ2v) is 10.1. The molecule has 0 heterocycles. The van der Waals surface area contributed by atoms with Crippen molar-refractivity contribution in [2.45, 2.75) is 41.5 Å². The molecule has 0 aliphatic carbocycles. The maximum absolute atomic E-state index is 4.59. The molecule has 0 unspecified atom stereocenters. The van der Waals surface area contributed by atoms with Gasteiger partial charge in [0.15, 0.2) is 0 Å². The molecule has 0 saturated carbocycles. The van der Waals surface area contributed by atoms with E-state index in [4.69, 9.17) is 0 Å². The molecule has 0 aliphatic heterocycles. The van der Waals surface area contributed by atoms with Crippen LogP contribution in [0.15, 0.2) is 0 Å². The van der Waals surface area contributed by atoms with Crippen LogP contribution in [0, 0.1) is 0 Å². The fourth-order valence-corrected chi connectivity index (χ4v) is 2.12. The van der Waals surface area contributed by atoms with E-state index in [2.05, 4.69) is 178 Å². The number of hydrogen-bond donors (Lipinski definition) is 0. The first-order valence-electron chi connectivity index (χ1n) is 9.65. The molecule has 0 aliphatic rings. The van der Waals surface area contributed by atoms with Gasteiger partial charge in [0.25, 0.3) is 0 Å². The van der Waals surface area contributed by atoms with Crippen molar-refractivity contribution in [2.24, 2.45) is 0 Å². The van der Waals surface area contributed by atoms with E-state index < -0.39 is 0 Å². The molecule has 0 saturated heterocycles. The van der Waals surface area contributed by atoms with Crippen molar-refractivity contribution in [2.75, 3.05) is 39.6 Å². The quantitative estimate of drug-likeness (QED) is 0.202. The minimum Gasteiger partial charge on any atom is -0.514 e. The Morgan fingerprint density at radius 1 is 0.351 bits per heavy atom. The molecule has 37 heavy (non-hydrogen) atoms. The molecular weight excluding hydrogens is 793 g/mol. The van der Waals surface area contributed by atoms with Crippen LogP contribution in [0.3, 0.4) is 0 Å². The Balaban J connectivity index is -0.0000000581. The van der Waals surface area contributed by atoms with Crippen molar-refractivity contribution >= 4 is 175 Å². The van der Waals surface area contributed by atoms with Gasteiger partial charge in [0.2, 0.25) is 0 Å². The molecule has 0 aromatic rings. The van der Waals surface area contributed by atoms with Crippen molar-refractivity contribution < 1.29 is 49.5 Å². The monoisotopic (exact) mass is 824 g/mol. The molecule has 0 fully saturated rings. The number of ether oxygens (including phenoxy) is 6. The Bertz CT molecular complexity index is 447. The molecule has 0 rings (SSSR count). The van der Waals surface area contributed by atoms with Gasteiger partial charge in [0.05, 0.1) is 39.6 Å². The molecule has 6 nitrogen and oxygen atoms in total. The molecule has 19 heteroatoms. The molecule has 0 spiro atoms. The SMILES string of the molecule is CCOC(=S)[S-].CCOC(=S)[S-].CCOC(=S)[S-].CCOC(=S)[S-].CCOC(=S)[S-].CCOC(=S)[S-].[Mo]. The van der Waals surface area contributed by atoms with Gasteiger partial charge in [-0.3, -0.25) is 0 Å². The molecule has 0 atom stereocenters. The summed E-state index contributed by atoms with van der Waals surface area (Å²) < 4.78 is 28.8. The number of hydrogen-bond acceptors (Lipinski definition) is 18. The second kappa shape index (κ2) is 50.2. The summed E-state index contributed by atoms with van der Waals surface area (Å²) >= 11 is 52.6. The number of thiocarbonyl (C=S) groups is 6. The van der Waals surface area contributed by atoms with Gasteiger partial charge in [-0.25, -0.2) is 0 Å². The Morgan fingerprint density at radius 2 is 0.432 bits per heavy atom. The first kappa shape index (κ1) is 54.4. The summed E-state index contributed by atoms with van der Waals surface area (Å²) in [5.74, 6) is 0. The molecule has 0 aromatic heterocycles. The Morgan fingerprint density at radius 3 is 0.432 bits per heavy atom. The molecule has 0 bridgehead atoms. The third-order valence-electron chi connectivity index (χ3n) is 1.57. The maximum atomic E-state index is 4.59. The fourth-order valence-electron chi connectivity index (χ4n) is 0.707. The van der Waals surface area contributed by atoms with Crippen LogP contribution >= 0.6 is 73.3 Å². The van der Waals surface area contributed by atoms with Gasteiger partial charge in [-0.05, 0) is 41.5 Å². The van der Waals surface area contributed by atoms with E-state index in [9.17, 15) is 0 Å². The van der Waals surface area contributed by atoms with Gasteiger partial charge in [-0.15, -0.1) is 0 Å². The average Bonchev–Trinajstić information content (AvgIpc) is 2.69. The van der Waals surface area contributed by atoms with Crippen LogP contribution in [0.1, 0.15) is 41.5 Å². The summed E-state index contributed by atoms with van der Waals surface area (Å²) in [5, 5.41) is 0. The molecule has 222 valence electrons. The minimum atomic E-state index is 0. The third kappa shape index (κ3) is 125. The standard InChI is InChI=1S/6C3H6OS2.Mo/c6*1-2-4-3(5)6;/h6*2H2,1H3,(H,5,6);/p-6. The van der Waals surface area contributed by atoms with E-state index in [1.54, 1.807) is 0 Å². The van der Waals surface area contributed by atoms with Crippen molar-refractivity contribution in [3.05, 3.63) is 0 Å². The van der Waals surface area contributed by atoms with E-state index >= 15 is 0 Å².